The van der Waals surface area contributed by atoms with E-state index in [4.69, 9.17) is 20.4 Å². The van der Waals surface area contributed by atoms with Gasteiger partial charge in [0, 0.05) is 6.54 Å². The van der Waals surface area contributed by atoms with Crippen LogP contribution in [0.15, 0.2) is 4.99 Å². The highest BCUT2D eigenvalue weighted by atomic mass is 16.4. The van der Waals surface area contributed by atoms with Gasteiger partial charge in [-0.15, -0.1) is 0 Å². The standard InChI is InChI=1S/C10H12N2O8/c13-5(14)3-4(8(15)16)12-2-1-11-6(9(17)18)7(12)10(19)20/h4,7H,1-3H2,(H,13,14)(H,15,16)(H,17,18)(H,19,20)/t4-,7+/m1/s1. The molecule has 1 aliphatic rings. The first-order valence-corrected chi connectivity index (χ1v) is 5.46. The van der Waals surface area contributed by atoms with Crippen molar-refractivity contribution in [2.45, 2.75) is 18.5 Å². The molecule has 4 N–H and O–H groups in total. The summed E-state index contributed by atoms with van der Waals surface area (Å²) < 4.78 is 0. The molecule has 0 aromatic rings. The van der Waals surface area contributed by atoms with E-state index >= 15 is 0 Å². The molecule has 0 unspecified atom stereocenters. The highest BCUT2D eigenvalue weighted by Crippen LogP contribution is 2.16. The van der Waals surface area contributed by atoms with Gasteiger partial charge in [0.15, 0.2) is 6.04 Å². The second kappa shape index (κ2) is 6.10. The lowest BCUT2D eigenvalue weighted by Crippen LogP contribution is -2.59. The van der Waals surface area contributed by atoms with Crippen molar-refractivity contribution in [2.24, 2.45) is 4.99 Å². The van der Waals surface area contributed by atoms with Gasteiger partial charge >= 0.3 is 23.9 Å². The molecule has 1 aliphatic heterocycles. The van der Waals surface area contributed by atoms with Crippen LogP contribution in [0.25, 0.3) is 0 Å². The van der Waals surface area contributed by atoms with Crippen LogP contribution < -0.4 is 0 Å². The Labute approximate surface area is 111 Å². The van der Waals surface area contributed by atoms with Crippen molar-refractivity contribution in [1.82, 2.24) is 4.90 Å². The monoisotopic (exact) mass is 288 g/mol. The summed E-state index contributed by atoms with van der Waals surface area (Å²) in [6.07, 6.45) is -0.841. The van der Waals surface area contributed by atoms with E-state index in [1.807, 2.05) is 0 Å². The average Bonchev–Trinajstić information content (AvgIpc) is 2.34. The Kier molecular flexibility index (Phi) is 4.75. The number of carboxylic acids is 4. The third-order valence-electron chi connectivity index (χ3n) is 2.74. The molecular formula is C10H12N2O8. The van der Waals surface area contributed by atoms with E-state index in [1.54, 1.807) is 0 Å². The number of hydrogen-bond donors (Lipinski definition) is 4. The zero-order valence-electron chi connectivity index (χ0n) is 10.1. The van der Waals surface area contributed by atoms with Crippen molar-refractivity contribution in [3.8, 4) is 0 Å². The van der Waals surface area contributed by atoms with Gasteiger partial charge in [0.1, 0.15) is 11.8 Å². The second-order valence-electron chi connectivity index (χ2n) is 4.00. The molecule has 10 nitrogen and oxygen atoms in total. The van der Waals surface area contributed by atoms with Gasteiger partial charge in [0.05, 0.1) is 13.0 Å². The van der Waals surface area contributed by atoms with Crippen LogP contribution in [0.1, 0.15) is 6.42 Å². The molecule has 10 heteroatoms. The third-order valence-corrected chi connectivity index (χ3v) is 2.74. The van der Waals surface area contributed by atoms with Crippen molar-refractivity contribution in [1.29, 1.82) is 0 Å². The first-order chi connectivity index (χ1) is 9.25. The molecule has 0 radical (unpaired) electrons. The van der Waals surface area contributed by atoms with Gasteiger partial charge in [0.25, 0.3) is 0 Å². The highest BCUT2D eigenvalue weighted by molar-refractivity contribution is 6.41. The van der Waals surface area contributed by atoms with Crippen LogP contribution in [0.3, 0.4) is 0 Å². The Morgan fingerprint density at radius 3 is 2.20 bits per heavy atom. The van der Waals surface area contributed by atoms with Crippen LogP contribution >= 0.6 is 0 Å². The van der Waals surface area contributed by atoms with Crippen LogP contribution in [-0.4, -0.2) is 80.1 Å². The van der Waals surface area contributed by atoms with Crippen molar-refractivity contribution in [3.63, 3.8) is 0 Å². The Morgan fingerprint density at radius 2 is 1.80 bits per heavy atom. The Hall–Kier alpha value is -2.49. The largest absolute Gasteiger partial charge is 0.481 e. The van der Waals surface area contributed by atoms with Crippen molar-refractivity contribution in [2.75, 3.05) is 13.1 Å². The zero-order chi connectivity index (χ0) is 15.4. The summed E-state index contributed by atoms with van der Waals surface area (Å²) >= 11 is 0. The highest BCUT2D eigenvalue weighted by Gasteiger charge is 2.43. The number of carboxylic acid groups (broad SMARTS) is 4. The van der Waals surface area contributed by atoms with Gasteiger partial charge in [0.2, 0.25) is 0 Å². The predicted molar refractivity (Wildman–Crippen MR) is 61.7 cm³/mol. The van der Waals surface area contributed by atoms with E-state index in [9.17, 15) is 19.2 Å². The van der Waals surface area contributed by atoms with E-state index < -0.39 is 48.1 Å². The summed E-state index contributed by atoms with van der Waals surface area (Å²) in [5, 5.41) is 35.7. The summed E-state index contributed by atoms with van der Waals surface area (Å²) in [5.74, 6) is -6.14. The van der Waals surface area contributed by atoms with E-state index in [0.717, 1.165) is 4.90 Å². The summed E-state index contributed by atoms with van der Waals surface area (Å²) in [4.78, 5) is 48.2. The number of nitrogens with zero attached hydrogens (tertiary/aromatic N) is 2. The summed E-state index contributed by atoms with van der Waals surface area (Å²) in [6, 6.07) is -3.43. The quantitative estimate of drug-likeness (QED) is 0.441. The van der Waals surface area contributed by atoms with Crippen LogP contribution in [0.2, 0.25) is 0 Å². The molecule has 1 rings (SSSR count). The molecule has 0 amide bonds. The fourth-order valence-electron chi connectivity index (χ4n) is 1.95. The van der Waals surface area contributed by atoms with Gasteiger partial charge in [-0.1, -0.05) is 0 Å². The summed E-state index contributed by atoms with van der Waals surface area (Å²) in [7, 11) is 0. The molecule has 110 valence electrons. The van der Waals surface area contributed by atoms with Gasteiger partial charge in [-0.25, -0.2) is 4.79 Å². The fourth-order valence-corrected chi connectivity index (χ4v) is 1.95. The average molecular weight is 288 g/mol. The maximum atomic E-state index is 11.2. The maximum Gasteiger partial charge on any atom is 0.352 e. The Balaban J connectivity index is 3.16. The minimum absolute atomic E-state index is 0.116. The van der Waals surface area contributed by atoms with Crippen LogP contribution in [-0.2, 0) is 19.2 Å². The molecule has 0 aliphatic carbocycles. The minimum atomic E-state index is -1.79. The normalized spacial score (nSPS) is 20.8. The first-order valence-electron chi connectivity index (χ1n) is 5.46. The van der Waals surface area contributed by atoms with Crippen LogP contribution in [0.5, 0.6) is 0 Å². The molecule has 2 atom stereocenters. The second-order valence-corrected chi connectivity index (χ2v) is 4.00. The lowest BCUT2D eigenvalue weighted by molar-refractivity contribution is -0.154. The molecule has 0 fully saturated rings. The van der Waals surface area contributed by atoms with E-state index in [0.29, 0.717) is 0 Å². The van der Waals surface area contributed by atoms with Gasteiger partial charge in [-0.05, 0) is 0 Å². The molecule has 20 heavy (non-hydrogen) atoms. The van der Waals surface area contributed by atoms with Crippen molar-refractivity contribution in [3.05, 3.63) is 0 Å². The van der Waals surface area contributed by atoms with E-state index in [1.165, 1.54) is 0 Å². The van der Waals surface area contributed by atoms with Crippen LogP contribution in [0, 0.1) is 0 Å². The molecule has 0 aromatic carbocycles. The number of rotatable bonds is 6. The first kappa shape index (κ1) is 15.6. The summed E-state index contributed by atoms with van der Waals surface area (Å²) in [5.41, 5.74) is -0.708. The fraction of sp³-hybridized carbons (Fsp3) is 0.500. The maximum absolute atomic E-state index is 11.2. The predicted octanol–water partition coefficient (Wildman–Crippen LogP) is -1.79. The molecule has 0 aromatic heterocycles. The minimum Gasteiger partial charge on any atom is -0.481 e. The van der Waals surface area contributed by atoms with Gasteiger partial charge < -0.3 is 20.4 Å². The molecule has 0 bridgehead atoms. The SMILES string of the molecule is O=C(O)C[C@H](C(=O)O)N1CCN=C(C(=O)O)[C@H]1C(=O)O. The third kappa shape index (κ3) is 3.29. The molecule has 0 spiro atoms. The van der Waals surface area contributed by atoms with E-state index in [-0.39, 0.29) is 13.1 Å². The topological polar surface area (TPSA) is 165 Å². The molecule has 0 saturated carbocycles. The molecular weight excluding hydrogens is 276 g/mol. The molecule has 0 saturated heterocycles. The smallest absolute Gasteiger partial charge is 0.352 e. The summed E-state index contributed by atoms with van der Waals surface area (Å²) in [6.45, 7) is -0.271. The number of carbonyl (C=O) groups is 4. The zero-order valence-corrected chi connectivity index (χ0v) is 10.1. The Bertz CT molecular complexity index is 486. The lowest BCUT2D eigenvalue weighted by atomic mass is 10.0. The molecule has 1 heterocycles. The van der Waals surface area contributed by atoms with Crippen molar-refractivity contribution >= 4 is 29.6 Å². The van der Waals surface area contributed by atoms with Crippen LogP contribution in [0.4, 0.5) is 0 Å². The van der Waals surface area contributed by atoms with Gasteiger partial charge in [-0.2, -0.15) is 0 Å². The van der Waals surface area contributed by atoms with E-state index in [2.05, 4.69) is 4.99 Å². The number of hydrogen-bond acceptors (Lipinski definition) is 6. The Morgan fingerprint density at radius 1 is 1.20 bits per heavy atom. The lowest BCUT2D eigenvalue weighted by Gasteiger charge is -2.34. The number of aliphatic imine (C=N–C) groups is 1. The van der Waals surface area contributed by atoms with Gasteiger partial charge in [-0.3, -0.25) is 24.3 Å². The van der Waals surface area contributed by atoms with Crippen molar-refractivity contribution < 1.29 is 39.6 Å². The number of aliphatic carboxylic acids is 4.